The van der Waals surface area contributed by atoms with Gasteiger partial charge < -0.3 is 10.6 Å². The van der Waals surface area contributed by atoms with E-state index in [1.807, 2.05) is 47.0 Å². The molecule has 5 aromatic rings. The van der Waals surface area contributed by atoms with E-state index >= 15 is 0 Å². The first kappa shape index (κ1) is 20.8. The molecule has 0 radical (unpaired) electrons. The Kier molecular flexibility index (Phi) is 5.82. The van der Waals surface area contributed by atoms with Crippen LogP contribution in [0.5, 0.6) is 0 Å². The van der Waals surface area contributed by atoms with Crippen molar-refractivity contribution in [1.29, 1.82) is 0 Å². The number of amides is 1. The molecule has 0 fully saturated rings. The van der Waals surface area contributed by atoms with Gasteiger partial charge in [0, 0.05) is 19.3 Å². The van der Waals surface area contributed by atoms with Crippen LogP contribution in [-0.4, -0.2) is 20.3 Å². The average Bonchev–Trinajstić information content (AvgIpc) is 3.48. The van der Waals surface area contributed by atoms with Crippen LogP contribution in [-0.2, 0) is 13.1 Å². The highest BCUT2D eigenvalue weighted by Gasteiger charge is 2.19. The number of nitrogens with zero attached hydrogens (tertiary/aromatic N) is 3. The van der Waals surface area contributed by atoms with Gasteiger partial charge in [-0.2, -0.15) is 0 Å². The summed E-state index contributed by atoms with van der Waals surface area (Å²) in [5.41, 5.74) is 3.02. The summed E-state index contributed by atoms with van der Waals surface area (Å²) in [6.07, 6.45) is 3.64. The lowest BCUT2D eigenvalue weighted by Gasteiger charge is -2.04. The van der Waals surface area contributed by atoms with Crippen molar-refractivity contribution < 1.29 is 9.18 Å². The molecule has 0 unspecified atom stereocenters. The third kappa shape index (κ3) is 4.61. The number of carbonyl (C=O) groups excluding carboxylic acids is 1. The highest BCUT2D eigenvalue weighted by atomic mass is 32.1. The molecule has 2 N–H and O–H groups in total. The van der Waals surface area contributed by atoms with Gasteiger partial charge in [0.15, 0.2) is 16.6 Å². The van der Waals surface area contributed by atoms with Crippen molar-refractivity contribution in [2.24, 2.45) is 0 Å². The summed E-state index contributed by atoms with van der Waals surface area (Å²) in [5, 5.41) is 6.99. The molecule has 5 rings (SSSR count). The van der Waals surface area contributed by atoms with Crippen molar-refractivity contribution >= 4 is 27.9 Å². The molecule has 1 amide bonds. The standard InChI is InChI=1S/C25H20FN5OS/c26-19-11-9-18(10-12-19)14-27-24(32)22-20-8-4-5-13-31(20)23(30-22)21-16-29-25(33-21)28-15-17-6-2-1-3-7-17/h1-13,16H,14-15H2,(H,27,32)(H,28,29). The van der Waals surface area contributed by atoms with Gasteiger partial charge >= 0.3 is 0 Å². The fourth-order valence-electron chi connectivity index (χ4n) is 3.48. The number of pyridine rings is 1. The molecule has 0 spiro atoms. The van der Waals surface area contributed by atoms with Crippen LogP contribution < -0.4 is 10.6 Å². The molecule has 33 heavy (non-hydrogen) atoms. The lowest BCUT2D eigenvalue weighted by atomic mass is 10.2. The molecule has 0 saturated carbocycles. The first-order valence-corrected chi connectivity index (χ1v) is 11.2. The number of hydrogen-bond acceptors (Lipinski definition) is 5. The van der Waals surface area contributed by atoms with Crippen LogP contribution in [0.25, 0.3) is 16.2 Å². The molecule has 164 valence electrons. The molecule has 0 atom stereocenters. The topological polar surface area (TPSA) is 71.3 Å². The van der Waals surface area contributed by atoms with Crippen molar-refractivity contribution in [3.8, 4) is 10.7 Å². The predicted molar refractivity (Wildman–Crippen MR) is 128 cm³/mol. The zero-order valence-corrected chi connectivity index (χ0v) is 18.3. The Morgan fingerprint density at radius 2 is 1.70 bits per heavy atom. The number of halogens is 1. The maximum Gasteiger partial charge on any atom is 0.272 e. The van der Waals surface area contributed by atoms with E-state index in [0.29, 0.717) is 23.6 Å². The van der Waals surface area contributed by atoms with Gasteiger partial charge in [0.2, 0.25) is 0 Å². The third-order valence-corrected chi connectivity index (χ3v) is 6.09. The second-order valence-corrected chi connectivity index (χ2v) is 8.45. The number of fused-ring (bicyclic) bond motifs is 1. The number of nitrogens with one attached hydrogen (secondary N) is 2. The maximum absolute atomic E-state index is 13.1. The number of benzene rings is 2. The van der Waals surface area contributed by atoms with Gasteiger partial charge in [-0.25, -0.2) is 14.4 Å². The van der Waals surface area contributed by atoms with Crippen LogP contribution in [0.2, 0.25) is 0 Å². The van der Waals surface area contributed by atoms with Crippen LogP contribution in [0, 0.1) is 5.82 Å². The molecular weight excluding hydrogens is 437 g/mol. The number of carbonyl (C=O) groups is 1. The molecule has 0 aliphatic carbocycles. The number of hydrogen-bond donors (Lipinski definition) is 2. The molecule has 0 aliphatic heterocycles. The van der Waals surface area contributed by atoms with Crippen LogP contribution in [0.1, 0.15) is 21.6 Å². The molecule has 0 aliphatic rings. The van der Waals surface area contributed by atoms with E-state index in [4.69, 9.17) is 0 Å². The van der Waals surface area contributed by atoms with Crippen molar-refractivity contribution in [3.63, 3.8) is 0 Å². The number of thiazole rings is 1. The second kappa shape index (κ2) is 9.22. The Bertz CT molecular complexity index is 1400. The van der Waals surface area contributed by atoms with Crippen molar-refractivity contribution in [1.82, 2.24) is 19.7 Å². The normalized spacial score (nSPS) is 10.9. The largest absolute Gasteiger partial charge is 0.357 e. The van der Waals surface area contributed by atoms with E-state index < -0.39 is 0 Å². The number of rotatable bonds is 7. The van der Waals surface area contributed by atoms with E-state index in [0.717, 1.165) is 15.6 Å². The maximum atomic E-state index is 13.1. The molecule has 3 heterocycles. The SMILES string of the molecule is O=C(NCc1ccc(F)cc1)c1nc(-c2cnc(NCc3ccccc3)s2)n2ccccc12. The first-order valence-electron chi connectivity index (χ1n) is 10.4. The Morgan fingerprint density at radius 3 is 2.52 bits per heavy atom. The van der Waals surface area contributed by atoms with Crippen molar-refractivity contribution in [2.75, 3.05) is 5.32 Å². The molecule has 6 nitrogen and oxygen atoms in total. The summed E-state index contributed by atoms with van der Waals surface area (Å²) >= 11 is 1.48. The third-order valence-electron chi connectivity index (χ3n) is 5.14. The Labute approximate surface area is 193 Å². The molecular formula is C25H20FN5OS. The van der Waals surface area contributed by atoms with Crippen LogP contribution >= 0.6 is 11.3 Å². The predicted octanol–water partition coefficient (Wildman–Crippen LogP) is 5.14. The van der Waals surface area contributed by atoms with Gasteiger partial charge in [0.1, 0.15) is 5.82 Å². The summed E-state index contributed by atoms with van der Waals surface area (Å²) in [6.45, 7) is 0.960. The van der Waals surface area contributed by atoms with Crippen molar-refractivity contribution in [3.05, 3.63) is 108 Å². The van der Waals surface area contributed by atoms with E-state index in [1.54, 1.807) is 18.3 Å². The quantitative estimate of drug-likeness (QED) is 0.355. The molecule has 8 heteroatoms. The summed E-state index contributed by atoms with van der Waals surface area (Å²) in [6, 6.07) is 21.8. The lowest BCUT2D eigenvalue weighted by molar-refractivity contribution is 0.0948. The first-order chi connectivity index (χ1) is 16.2. The van der Waals surface area contributed by atoms with Crippen molar-refractivity contribution in [2.45, 2.75) is 13.1 Å². The molecule has 3 aromatic heterocycles. The molecule has 0 bridgehead atoms. The minimum absolute atomic E-state index is 0.286. The minimum atomic E-state index is -0.308. The van der Waals surface area contributed by atoms with Gasteiger partial charge in [-0.3, -0.25) is 9.20 Å². The Hall–Kier alpha value is -4.04. The Balaban J connectivity index is 1.37. The summed E-state index contributed by atoms with van der Waals surface area (Å²) in [5.74, 6) is 0.0565. The van der Waals surface area contributed by atoms with Gasteiger partial charge in [0.25, 0.3) is 5.91 Å². The van der Waals surface area contributed by atoms with E-state index in [2.05, 4.69) is 32.7 Å². The van der Waals surface area contributed by atoms with E-state index in [-0.39, 0.29) is 18.3 Å². The van der Waals surface area contributed by atoms with Crippen LogP contribution in [0.4, 0.5) is 9.52 Å². The van der Waals surface area contributed by atoms with Gasteiger partial charge in [-0.1, -0.05) is 59.9 Å². The highest BCUT2D eigenvalue weighted by Crippen LogP contribution is 2.30. The van der Waals surface area contributed by atoms with Crippen LogP contribution in [0.3, 0.4) is 0 Å². The molecule has 2 aromatic carbocycles. The average molecular weight is 458 g/mol. The van der Waals surface area contributed by atoms with Gasteiger partial charge in [-0.05, 0) is 35.4 Å². The van der Waals surface area contributed by atoms with Gasteiger partial charge in [0.05, 0.1) is 16.6 Å². The molecule has 0 saturated heterocycles. The monoisotopic (exact) mass is 457 g/mol. The fourth-order valence-corrected chi connectivity index (χ4v) is 4.28. The number of imidazole rings is 1. The van der Waals surface area contributed by atoms with E-state index in [9.17, 15) is 9.18 Å². The van der Waals surface area contributed by atoms with E-state index in [1.165, 1.54) is 29.0 Å². The number of aromatic nitrogens is 3. The lowest BCUT2D eigenvalue weighted by Crippen LogP contribution is -2.23. The fraction of sp³-hybridized carbons (Fsp3) is 0.0800. The minimum Gasteiger partial charge on any atom is -0.357 e. The number of anilines is 1. The zero-order valence-electron chi connectivity index (χ0n) is 17.5. The summed E-state index contributed by atoms with van der Waals surface area (Å²) < 4.78 is 15.0. The van der Waals surface area contributed by atoms with Crippen LogP contribution in [0.15, 0.2) is 85.2 Å². The second-order valence-electron chi connectivity index (χ2n) is 7.42. The smallest absolute Gasteiger partial charge is 0.272 e. The highest BCUT2D eigenvalue weighted by molar-refractivity contribution is 7.18. The van der Waals surface area contributed by atoms with Gasteiger partial charge in [-0.15, -0.1) is 0 Å². The summed E-state index contributed by atoms with van der Waals surface area (Å²) in [7, 11) is 0. The summed E-state index contributed by atoms with van der Waals surface area (Å²) in [4.78, 5) is 22.9. The zero-order chi connectivity index (χ0) is 22.6. The Morgan fingerprint density at radius 1 is 0.939 bits per heavy atom.